The molecule has 1 aliphatic heterocycles. The molecule has 0 radical (unpaired) electrons. The lowest BCUT2D eigenvalue weighted by Gasteiger charge is -2.28. The molecule has 2 N–H and O–H groups in total. The van der Waals surface area contributed by atoms with Crippen LogP contribution in [0, 0.1) is 5.41 Å². The van der Waals surface area contributed by atoms with Crippen LogP contribution < -0.4 is 10.9 Å². The second-order valence-electron chi connectivity index (χ2n) is 8.27. The number of amides is 1. The molecule has 0 saturated heterocycles. The molecule has 0 atom stereocenters. The van der Waals surface area contributed by atoms with Gasteiger partial charge in [0, 0.05) is 61.4 Å². The predicted molar refractivity (Wildman–Crippen MR) is 108 cm³/mol. The Morgan fingerprint density at radius 1 is 1.34 bits per heavy atom. The molecule has 10 heteroatoms. The number of sulfone groups is 1. The van der Waals surface area contributed by atoms with Gasteiger partial charge >= 0.3 is 0 Å². The first-order valence-electron chi connectivity index (χ1n) is 9.24. The average molecular weight is 420 g/mol. The molecule has 0 aliphatic carbocycles. The Morgan fingerprint density at radius 2 is 2.07 bits per heavy atom. The SMILES string of the molecule is CC(C)(C)C(=O)Nc1ccncc1CN1CCc2nc(S(C)(=O)=O)[nH]c(=O)c2C1. The highest BCUT2D eigenvalue weighted by Gasteiger charge is 2.25. The lowest BCUT2D eigenvalue weighted by Crippen LogP contribution is -2.36. The normalized spacial score (nSPS) is 15.0. The zero-order valence-electron chi connectivity index (χ0n) is 16.9. The largest absolute Gasteiger partial charge is 0.325 e. The number of hydrogen-bond acceptors (Lipinski definition) is 7. The highest BCUT2D eigenvalue weighted by molar-refractivity contribution is 7.90. The molecule has 3 heterocycles. The molecular formula is C19H25N5O4S. The van der Waals surface area contributed by atoms with E-state index in [1.807, 2.05) is 25.7 Å². The molecule has 0 fully saturated rings. The van der Waals surface area contributed by atoms with E-state index in [0.717, 1.165) is 11.8 Å². The first-order valence-corrected chi connectivity index (χ1v) is 11.1. The van der Waals surface area contributed by atoms with Gasteiger partial charge in [-0.15, -0.1) is 0 Å². The minimum absolute atomic E-state index is 0.0945. The van der Waals surface area contributed by atoms with Gasteiger partial charge in [0.2, 0.25) is 20.9 Å². The van der Waals surface area contributed by atoms with Gasteiger partial charge in [0.05, 0.1) is 11.3 Å². The molecule has 3 rings (SSSR count). The number of hydrogen-bond donors (Lipinski definition) is 2. The Kier molecular flexibility index (Phi) is 5.59. The standard InChI is InChI=1S/C19H25N5O4S/c1-19(2,3)17(26)21-14-5-7-20-9-12(14)10-24-8-6-15-13(11-24)16(25)23-18(22-15)29(4,27)28/h5,7,9H,6,8,10-11H2,1-4H3,(H,20,21,26)(H,22,23,25). The molecule has 29 heavy (non-hydrogen) atoms. The van der Waals surface area contributed by atoms with E-state index in [1.165, 1.54) is 0 Å². The molecule has 2 aromatic heterocycles. The Hall–Kier alpha value is -2.59. The van der Waals surface area contributed by atoms with Gasteiger partial charge in [-0.05, 0) is 6.07 Å². The zero-order chi connectivity index (χ0) is 21.4. The Morgan fingerprint density at radius 3 is 2.72 bits per heavy atom. The molecule has 156 valence electrons. The van der Waals surface area contributed by atoms with Crippen molar-refractivity contribution in [3.8, 4) is 0 Å². The molecule has 2 aromatic rings. The van der Waals surface area contributed by atoms with Gasteiger partial charge in [-0.1, -0.05) is 20.8 Å². The number of fused-ring (bicyclic) bond motifs is 1. The summed E-state index contributed by atoms with van der Waals surface area (Å²) in [6.07, 6.45) is 4.80. The van der Waals surface area contributed by atoms with Crippen molar-refractivity contribution in [3.63, 3.8) is 0 Å². The minimum Gasteiger partial charge on any atom is -0.325 e. The maximum atomic E-state index is 12.4. The number of aromatic nitrogens is 3. The molecule has 0 saturated carbocycles. The molecule has 0 bridgehead atoms. The van der Waals surface area contributed by atoms with Gasteiger partial charge in [-0.2, -0.15) is 0 Å². The highest BCUT2D eigenvalue weighted by atomic mass is 32.2. The summed E-state index contributed by atoms with van der Waals surface area (Å²) >= 11 is 0. The van der Waals surface area contributed by atoms with Crippen molar-refractivity contribution < 1.29 is 13.2 Å². The number of pyridine rings is 1. The van der Waals surface area contributed by atoms with Crippen LogP contribution in [0.15, 0.2) is 28.4 Å². The van der Waals surface area contributed by atoms with Crippen LogP contribution in [-0.4, -0.2) is 47.0 Å². The number of anilines is 1. The van der Waals surface area contributed by atoms with Crippen LogP contribution in [0.3, 0.4) is 0 Å². The molecule has 0 aromatic carbocycles. The number of carbonyl (C=O) groups excluding carboxylic acids is 1. The fourth-order valence-corrected chi connectivity index (χ4v) is 3.55. The van der Waals surface area contributed by atoms with E-state index in [-0.39, 0.29) is 11.1 Å². The number of nitrogens with zero attached hydrogens (tertiary/aromatic N) is 3. The maximum absolute atomic E-state index is 12.4. The first-order chi connectivity index (χ1) is 13.4. The first kappa shape index (κ1) is 21.1. The number of nitrogens with one attached hydrogen (secondary N) is 2. The third-order valence-corrected chi connectivity index (χ3v) is 5.60. The molecule has 1 aliphatic rings. The molecule has 0 spiro atoms. The second kappa shape index (κ2) is 7.68. The second-order valence-corrected chi connectivity index (χ2v) is 10.2. The van der Waals surface area contributed by atoms with Crippen molar-refractivity contribution in [1.29, 1.82) is 0 Å². The summed E-state index contributed by atoms with van der Waals surface area (Å²) in [5.41, 5.74) is 1.54. The Balaban J connectivity index is 1.81. The van der Waals surface area contributed by atoms with E-state index in [1.54, 1.807) is 18.5 Å². The van der Waals surface area contributed by atoms with Gasteiger partial charge in [0.25, 0.3) is 5.56 Å². The lowest BCUT2D eigenvalue weighted by atomic mass is 9.95. The summed E-state index contributed by atoms with van der Waals surface area (Å²) in [5, 5.41) is 2.65. The van der Waals surface area contributed by atoms with Crippen LogP contribution in [0.25, 0.3) is 0 Å². The summed E-state index contributed by atoms with van der Waals surface area (Å²) in [6, 6.07) is 1.75. The average Bonchev–Trinajstić information content (AvgIpc) is 2.62. The van der Waals surface area contributed by atoms with E-state index in [9.17, 15) is 18.0 Å². The van der Waals surface area contributed by atoms with E-state index in [0.29, 0.717) is 43.0 Å². The number of H-pyrrole nitrogens is 1. The summed E-state index contributed by atoms with van der Waals surface area (Å²) in [5.74, 6) is -0.0945. The van der Waals surface area contributed by atoms with Crippen molar-refractivity contribution in [2.45, 2.75) is 45.4 Å². The van der Waals surface area contributed by atoms with Gasteiger partial charge in [0.1, 0.15) is 0 Å². The molecule has 0 unspecified atom stereocenters. The van der Waals surface area contributed by atoms with Crippen LogP contribution in [0.1, 0.15) is 37.6 Å². The predicted octanol–water partition coefficient (Wildman–Crippen LogP) is 1.11. The third-order valence-electron chi connectivity index (χ3n) is 4.70. The van der Waals surface area contributed by atoms with Crippen LogP contribution in [0.2, 0.25) is 0 Å². The van der Waals surface area contributed by atoms with Crippen molar-refractivity contribution in [2.24, 2.45) is 5.41 Å². The van der Waals surface area contributed by atoms with Crippen molar-refractivity contribution in [3.05, 3.63) is 45.6 Å². The van der Waals surface area contributed by atoms with Gasteiger partial charge < -0.3 is 5.32 Å². The van der Waals surface area contributed by atoms with Crippen molar-refractivity contribution in [2.75, 3.05) is 18.1 Å². The van der Waals surface area contributed by atoms with E-state index in [4.69, 9.17) is 0 Å². The van der Waals surface area contributed by atoms with Crippen LogP contribution in [-0.2, 0) is 34.1 Å². The van der Waals surface area contributed by atoms with Crippen LogP contribution in [0.5, 0.6) is 0 Å². The van der Waals surface area contributed by atoms with E-state index >= 15 is 0 Å². The monoisotopic (exact) mass is 419 g/mol. The van der Waals surface area contributed by atoms with Gasteiger partial charge in [-0.3, -0.25) is 24.5 Å². The fraction of sp³-hybridized carbons (Fsp3) is 0.474. The molecule has 9 nitrogen and oxygen atoms in total. The Labute approximate surface area is 169 Å². The lowest BCUT2D eigenvalue weighted by molar-refractivity contribution is -0.123. The molecular weight excluding hydrogens is 394 g/mol. The summed E-state index contributed by atoms with van der Waals surface area (Å²) in [7, 11) is -3.58. The summed E-state index contributed by atoms with van der Waals surface area (Å²) < 4.78 is 23.4. The smallest absolute Gasteiger partial charge is 0.256 e. The van der Waals surface area contributed by atoms with Crippen molar-refractivity contribution in [1.82, 2.24) is 19.9 Å². The Bertz CT molecular complexity index is 1100. The third kappa shape index (κ3) is 4.88. The maximum Gasteiger partial charge on any atom is 0.256 e. The molecule has 1 amide bonds. The number of carbonyl (C=O) groups is 1. The quantitative estimate of drug-likeness (QED) is 0.711. The van der Waals surface area contributed by atoms with Crippen LogP contribution in [0.4, 0.5) is 5.69 Å². The summed E-state index contributed by atoms with van der Waals surface area (Å²) in [6.45, 7) is 6.95. The van der Waals surface area contributed by atoms with Crippen LogP contribution >= 0.6 is 0 Å². The summed E-state index contributed by atoms with van der Waals surface area (Å²) in [4.78, 5) is 37.4. The highest BCUT2D eigenvalue weighted by Crippen LogP contribution is 2.23. The van der Waals surface area contributed by atoms with E-state index < -0.39 is 20.8 Å². The van der Waals surface area contributed by atoms with Gasteiger partial charge in [0.15, 0.2) is 0 Å². The van der Waals surface area contributed by atoms with Crippen molar-refractivity contribution >= 4 is 21.4 Å². The fourth-order valence-electron chi connectivity index (χ4n) is 2.99. The number of rotatable bonds is 4. The van der Waals surface area contributed by atoms with E-state index in [2.05, 4.69) is 20.3 Å². The topological polar surface area (TPSA) is 125 Å². The zero-order valence-corrected chi connectivity index (χ0v) is 17.8. The number of aromatic amines is 1. The van der Waals surface area contributed by atoms with Gasteiger partial charge in [-0.25, -0.2) is 13.4 Å². The minimum atomic E-state index is -3.58.